The second-order valence-corrected chi connectivity index (χ2v) is 17.8. The van der Waals surface area contributed by atoms with Crippen molar-refractivity contribution in [3.8, 4) is 0 Å². The largest absolute Gasteiger partial charge is 0.756 e. The minimum Gasteiger partial charge on any atom is -0.756 e. The molecule has 0 aliphatic rings. The quantitative estimate of drug-likeness (QED) is 0.0198. The SMILES string of the molecule is CCCCCCCC/C=C\CCCCCCCC(=O)O[C@@H](COC(=O)CCCCCCCCCCCCCCCCC)COP(=O)([O-])OCC[N+](C)(C)C. The van der Waals surface area contributed by atoms with Crippen molar-refractivity contribution in [2.75, 3.05) is 47.5 Å². The Morgan fingerprint density at radius 3 is 1.37 bits per heavy atom. The van der Waals surface area contributed by atoms with Crippen LogP contribution >= 0.6 is 7.82 Å². The highest BCUT2D eigenvalue weighted by molar-refractivity contribution is 7.45. The first kappa shape index (κ1) is 52.8. The van der Waals surface area contributed by atoms with Crippen molar-refractivity contribution >= 4 is 19.8 Å². The second kappa shape index (κ2) is 37.3. The number of allylic oxidation sites excluding steroid dienone is 2. The highest BCUT2D eigenvalue weighted by Crippen LogP contribution is 2.38. The van der Waals surface area contributed by atoms with E-state index in [0.29, 0.717) is 17.4 Å². The van der Waals surface area contributed by atoms with Gasteiger partial charge in [-0.2, -0.15) is 0 Å². The number of unbranched alkanes of at least 4 members (excludes halogenated alkanes) is 25. The molecule has 0 aliphatic carbocycles. The highest BCUT2D eigenvalue weighted by atomic mass is 31.2. The fraction of sp³-hybridized carbons (Fsp3) is 0.909. The number of ether oxygens (including phenoxy) is 2. The molecule has 1 unspecified atom stereocenters. The predicted molar refractivity (Wildman–Crippen MR) is 222 cm³/mol. The maximum atomic E-state index is 12.7. The zero-order valence-electron chi connectivity index (χ0n) is 35.9. The van der Waals surface area contributed by atoms with Crippen molar-refractivity contribution in [2.45, 2.75) is 213 Å². The fourth-order valence-electron chi connectivity index (χ4n) is 6.24. The zero-order chi connectivity index (χ0) is 40.0. The van der Waals surface area contributed by atoms with Crippen molar-refractivity contribution < 1.29 is 42.1 Å². The zero-order valence-corrected chi connectivity index (χ0v) is 36.8. The topological polar surface area (TPSA) is 111 Å². The molecule has 9 nitrogen and oxygen atoms in total. The molecule has 0 amide bonds. The summed E-state index contributed by atoms with van der Waals surface area (Å²) in [7, 11) is 1.17. The Bertz CT molecular complexity index is 938. The molecule has 0 aromatic heterocycles. The molecule has 0 saturated carbocycles. The van der Waals surface area contributed by atoms with E-state index >= 15 is 0 Å². The van der Waals surface area contributed by atoms with Crippen LogP contribution in [0.25, 0.3) is 0 Å². The van der Waals surface area contributed by atoms with E-state index in [9.17, 15) is 19.0 Å². The molecule has 2 atom stereocenters. The van der Waals surface area contributed by atoms with E-state index in [1.165, 1.54) is 122 Å². The molecule has 10 heteroatoms. The molecule has 320 valence electrons. The number of hydrogen-bond donors (Lipinski definition) is 0. The van der Waals surface area contributed by atoms with E-state index in [1.54, 1.807) is 0 Å². The molecule has 0 radical (unpaired) electrons. The number of hydrogen-bond acceptors (Lipinski definition) is 8. The lowest BCUT2D eigenvalue weighted by Crippen LogP contribution is -2.37. The molecule has 0 fully saturated rings. The first-order valence-electron chi connectivity index (χ1n) is 22.4. The van der Waals surface area contributed by atoms with Gasteiger partial charge in [0.25, 0.3) is 7.82 Å². The molecular formula is C44H86NO8P. The van der Waals surface area contributed by atoms with Crippen LogP contribution in [0.1, 0.15) is 206 Å². The molecular weight excluding hydrogens is 701 g/mol. The molecule has 0 aromatic carbocycles. The third-order valence-corrected chi connectivity index (χ3v) is 10.7. The summed E-state index contributed by atoms with van der Waals surface area (Å²) in [5, 5.41) is 0. The number of esters is 2. The van der Waals surface area contributed by atoms with Gasteiger partial charge in [-0.25, -0.2) is 0 Å². The normalized spacial score (nSPS) is 13.7. The van der Waals surface area contributed by atoms with E-state index in [-0.39, 0.29) is 32.0 Å². The van der Waals surface area contributed by atoms with Gasteiger partial charge in [0.05, 0.1) is 27.7 Å². The van der Waals surface area contributed by atoms with Crippen LogP contribution in [0, 0.1) is 0 Å². The number of rotatable bonds is 41. The third kappa shape index (κ3) is 40.4. The van der Waals surface area contributed by atoms with Gasteiger partial charge in [-0.15, -0.1) is 0 Å². The first-order valence-corrected chi connectivity index (χ1v) is 23.9. The lowest BCUT2D eigenvalue weighted by Gasteiger charge is -2.28. The summed E-state index contributed by atoms with van der Waals surface area (Å²) in [5.74, 6) is -0.834. The number of phosphoric acid groups is 1. The van der Waals surface area contributed by atoms with Gasteiger partial charge >= 0.3 is 11.9 Å². The van der Waals surface area contributed by atoms with Gasteiger partial charge in [0, 0.05) is 12.8 Å². The van der Waals surface area contributed by atoms with E-state index in [4.69, 9.17) is 18.5 Å². The Morgan fingerprint density at radius 2 is 0.944 bits per heavy atom. The Morgan fingerprint density at radius 1 is 0.556 bits per heavy atom. The molecule has 0 saturated heterocycles. The van der Waals surface area contributed by atoms with Crippen molar-refractivity contribution in [1.82, 2.24) is 0 Å². The summed E-state index contributed by atoms with van der Waals surface area (Å²) < 4.78 is 33.9. The molecule has 0 bridgehead atoms. The molecule has 0 N–H and O–H groups in total. The van der Waals surface area contributed by atoms with Crippen LogP contribution in [0.5, 0.6) is 0 Å². The molecule has 0 rings (SSSR count). The number of likely N-dealkylation sites (N-methyl/N-ethyl adjacent to an activating group) is 1. The number of carbonyl (C=O) groups is 2. The second-order valence-electron chi connectivity index (χ2n) is 16.4. The maximum Gasteiger partial charge on any atom is 0.306 e. The van der Waals surface area contributed by atoms with Crippen molar-refractivity contribution in [3.05, 3.63) is 12.2 Å². The lowest BCUT2D eigenvalue weighted by molar-refractivity contribution is -0.870. The van der Waals surface area contributed by atoms with Crippen LogP contribution < -0.4 is 4.89 Å². The molecule has 0 aromatic rings. The predicted octanol–water partition coefficient (Wildman–Crippen LogP) is 11.9. The number of carbonyl (C=O) groups excluding carboxylic acids is 2. The fourth-order valence-corrected chi connectivity index (χ4v) is 6.97. The number of phosphoric ester groups is 1. The summed E-state index contributed by atoms with van der Waals surface area (Å²) in [6, 6.07) is 0. The monoisotopic (exact) mass is 788 g/mol. The van der Waals surface area contributed by atoms with Gasteiger partial charge in [-0.05, 0) is 38.5 Å². The van der Waals surface area contributed by atoms with Crippen LogP contribution in [0.3, 0.4) is 0 Å². The molecule has 0 spiro atoms. The van der Waals surface area contributed by atoms with Gasteiger partial charge in [0.15, 0.2) is 6.10 Å². The van der Waals surface area contributed by atoms with Crippen LogP contribution in [-0.4, -0.2) is 70.0 Å². The molecule has 0 heterocycles. The first-order chi connectivity index (χ1) is 26.0. The van der Waals surface area contributed by atoms with Gasteiger partial charge in [-0.3, -0.25) is 14.2 Å². The highest BCUT2D eigenvalue weighted by Gasteiger charge is 2.21. The summed E-state index contributed by atoms with van der Waals surface area (Å²) in [5.41, 5.74) is 0. The van der Waals surface area contributed by atoms with Gasteiger partial charge in [0.2, 0.25) is 0 Å². The maximum absolute atomic E-state index is 12.7. The Labute approximate surface area is 333 Å². The van der Waals surface area contributed by atoms with Crippen LogP contribution in [0.2, 0.25) is 0 Å². The van der Waals surface area contributed by atoms with Crippen LogP contribution in [0.15, 0.2) is 12.2 Å². The third-order valence-electron chi connectivity index (χ3n) is 9.79. The summed E-state index contributed by atoms with van der Waals surface area (Å²) in [6.07, 6.45) is 38.0. The summed E-state index contributed by atoms with van der Waals surface area (Å²) >= 11 is 0. The van der Waals surface area contributed by atoms with E-state index in [2.05, 4.69) is 26.0 Å². The van der Waals surface area contributed by atoms with Gasteiger partial charge in [0.1, 0.15) is 19.8 Å². The van der Waals surface area contributed by atoms with Crippen LogP contribution in [0.4, 0.5) is 0 Å². The Hall–Kier alpha value is -1.25. The Balaban J connectivity index is 4.34. The molecule has 54 heavy (non-hydrogen) atoms. The van der Waals surface area contributed by atoms with Crippen molar-refractivity contribution in [2.24, 2.45) is 0 Å². The van der Waals surface area contributed by atoms with Crippen molar-refractivity contribution in [1.29, 1.82) is 0 Å². The minimum atomic E-state index is -4.62. The van der Waals surface area contributed by atoms with E-state index < -0.39 is 26.5 Å². The average Bonchev–Trinajstić information content (AvgIpc) is 3.12. The summed E-state index contributed by atoms with van der Waals surface area (Å²) in [6.45, 7) is 4.23. The number of nitrogens with zero attached hydrogens (tertiary/aromatic N) is 1. The van der Waals surface area contributed by atoms with E-state index in [0.717, 1.165) is 51.4 Å². The van der Waals surface area contributed by atoms with E-state index in [1.807, 2.05) is 21.1 Å². The summed E-state index contributed by atoms with van der Waals surface area (Å²) in [4.78, 5) is 37.5. The van der Waals surface area contributed by atoms with Gasteiger partial charge < -0.3 is 27.9 Å². The standard InChI is InChI=1S/C44H86NO8P/c1-6-8-10-12-14-16-18-20-22-24-26-28-30-32-34-36-43(46)50-40-42(41-52-54(48,49)51-39-38-45(3,4)5)53-44(47)37-35-33-31-29-27-25-23-21-19-17-15-13-11-9-7-2/h21,23,42H,6-20,22,24-41H2,1-5H3/b23-21-/t42-/m0/s1. The van der Waals surface area contributed by atoms with Crippen molar-refractivity contribution in [3.63, 3.8) is 0 Å². The number of quaternary nitrogens is 1. The minimum absolute atomic E-state index is 0.0293. The molecule has 0 aliphatic heterocycles. The smallest absolute Gasteiger partial charge is 0.306 e. The van der Waals surface area contributed by atoms with Crippen LogP contribution in [-0.2, 0) is 32.7 Å². The van der Waals surface area contributed by atoms with Gasteiger partial charge in [-0.1, -0.05) is 167 Å². The average molecular weight is 788 g/mol. The lowest BCUT2D eigenvalue weighted by atomic mass is 10.0. The Kier molecular flexibility index (Phi) is 36.5.